The molecule has 1 rings (SSSR count). The molecule has 1 aromatic carbocycles. The second-order valence-electron chi connectivity index (χ2n) is 5.51. The molecule has 1 aromatic rings. The van der Waals surface area contributed by atoms with Gasteiger partial charge >= 0.3 is 6.18 Å². The van der Waals surface area contributed by atoms with E-state index in [4.69, 9.17) is 9.47 Å². The van der Waals surface area contributed by atoms with Crippen molar-refractivity contribution in [2.24, 2.45) is 0 Å². The molecule has 136 valence electrons. The van der Waals surface area contributed by atoms with E-state index in [1.165, 1.54) is 12.1 Å². The Morgan fingerprint density at radius 2 is 1.83 bits per heavy atom. The number of carbonyl (C=O) groups is 1. The van der Waals surface area contributed by atoms with Crippen LogP contribution in [0.15, 0.2) is 18.2 Å². The van der Waals surface area contributed by atoms with Crippen LogP contribution in [0.3, 0.4) is 0 Å². The molecule has 0 aromatic heterocycles. The molecule has 1 amide bonds. The Hall–Kier alpha value is -1.76. The first-order valence-corrected chi connectivity index (χ1v) is 7.97. The van der Waals surface area contributed by atoms with Crippen LogP contribution in [-0.2, 0) is 15.7 Å². The first-order chi connectivity index (χ1) is 11.2. The number of benzene rings is 1. The lowest BCUT2D eigenvalue weighted by Gasteiger charge is -2.28. The van der Waals surface area contributed by atoms with Crippen molar-refractivity contribution in [1.29, 1.82) is 0 Å². The van der Waals surface area contributed by atoms with E-state index in [2.05, 4.69) is 5.32 Å². The van der Waals surface area contributed by atoms with Crippen LogP contribution in [0, 0.1) is 0 Å². The van der Waals surface area contributed by atoms with Gasteiger partial charge in [0.05, 0.1) is 12.2 Å². The molecule has 0 radical (unpaired) electrons. The highest BCUT2D eigenvalue weighted by Crippen LogP contribution is 2.38. The number of hydrogen-bond donors (Lipinski definition) is 1. The van der Waals surface area contributed by atoms with Gasteiger partial charge in [0, 0.05) is 12.3 Å². The smallest absolute Gasteiger partial charge is 0.420 e. The predicted molar refractivity (Wildman–Crippen MR) is 86.2 cm³/mol. The summed E-state index contributed by atoms with van der Waals surface area (Å²) in [5.41, 5.74) is -1.95. The van der Waals surface area contributed by atoms with Crippen LogP contribution in [-0.4, -0.2) is 24.7 Å². The Bertz CT molecular complexity index is 553. The highest BCUT2D eigenvalue weighted by atomic mass is 19.4. The van der Waals surface area contributed by atoms with Gasteiger partial charge in [-0.05, 0) is 45.4 Å². The lowest BCUT2D eigenvalue weighted by atomic mass is 9.99. The van der Waals surface area contributed by atoms with Gasteiger partial charge in [-0.25, -0.2) is 0 Å². The molecule has 0 bridgehead atoms. The number of ether oxygens (including phenoxy) is 2. The topological polar surface area (TPSA) is 47.6 Å². The second kappa shape index (κ2) is 8.37. The third kappa shape index (κ3) is 5.12. The van der Waals surface area contributed by atoms with Crippen LogP contribution in [0.1, 0.15) is 46.1 Å². The fourth-order valence-corrected chi connectivity index (χ4v) is 2.42. The molecule has 4 nitrogen and oxygen atoms in total. The number of anilines is 1. The summed E-state index contributed by atoms with van der Waals surface area (Å²) in [5.74, 6) is -0.729. The largest absolute Gasteiger partial charge is 0.493 e. The maximum Gasteiger partial charge on any atom is 0.420 e. The van der Waals surface area contributed by atoms with Gasteiger partial charge in [-0.1, -0.05) is 13.3 Å². The van der Waals surface area contributed by atoms with E-state index in [1.807, 2.05) is 6.92 Å². The molecule has 0 heterocycles. The summed E-state index contributed by atoms with van der Waals surface area (Å²) in [5, 5.41) is 2.51. The van der Waals surface area contributed by atoms with Crippen molar-refractivity contribution >= 4 is 11.6 Å². The van der Waals surface area contributed by atoms with Crippen molar-refractivity contribution in [3.05, 3.63) is 23.8 Å². The van der Waals surface area contributed by atoms with Crippen molar-refractivity contribution in [3.63, 3.8) is 0 Å². The zero-order chi connectivity index (χ0) is 18.4. The number of halogens is 3. The molecule has 0 spiro atoms. The third-order valence-electron chi connectivity index (χ3n) is 3.51. The standard InChI is InChI=1S/C17H24F3NO3/c1-5-10-16(4,24-7-3)15(22)21-12-8-9-14(23-6-2)13(11-12)17(18,19)20/h8-9,11H,5-7,10H2,1-4H3,(H,21,22)/t16-/m1/s1. The summed E-state index contributed by atoms with van der Waals surface area (Å²) in [6, 6.07) is 3.47. The lowest BCUT2D eigenvalue weighted by Crippen LogP contribution is -2.42. The highest BCUT2D eigenvalue weighted by molar-refractivity contribution is 5.97. The summed E-state index contributed by atoms with van der Waals surface area (Å²) < 4.78 is 50.0. The molecule has 24 heavy (non-hydrogen) atoms. The minimum absolute atomic E-state index is 0.0535. The van der Waals surface area contributed by atoms with Crippen LogP contribution in [0.5, 0.6) is 5.75 Å². The van der Waals surface area contributed by atoms with Gasteiger partial charge in [0.1, 0.15) is 11.4 Å². The Labute approximate surface area is 140 Å². The Morgan fingerprint density at radius 1 is 1.17 bits per heavy atom. The first kappa shape index (κ1) is 20.3. The summed E-state index contributed by atoms with van der Waals surface area (Å²) in [6.07, 6.45) is -3.39. The monoisotopic (exact) mass is 347 g/mol. The van der Waals surface area contributed by atoms with E-state index in [0.29, 0.717) is 19.4 Å². The molecule has 0 saturated heterocycles. The summed E-state index contributed by atoms with van der Waals surface area (Å²) >= 11 is 0. The molecule has 1 N–H and O–H groups in total. The third-order valence-corrected chi connectivity index (χ3v) is 3.51. The molecule has 1 atom stereocenters. The normalized spacial score (nSPS) is 14.1. The average molecular weight is 347 g/mol. The van der Waals surface area contributed by atoms with Crippen LogP contribution in [0.25, 0.3) is 0 Å². The lowest BCUT2D eigenvalue weighted by molar-refractivity contribution is -0.140. The van der Waals surface area contributed by atoms with Crippen LogP contribution in [0.2, 0.25) is 0 Å². The molecular formula is C17H24F3NO3. The highest BCUT2D eigenvalue weighted by Gasteiger charge is 2.36. The van der Waals surface area contributed by atoms with Crippen molar-refractivity contribution in [1.82, 2.24) is 0 Å². The zero-order valence-corrected chi connectivity index (χ0v) is 14.4. The SMILES string of the molecule is CCC[C@@](C)(OCC)C(=O)Nc1ccc(OCC)c(C(F)(F)F)c1. The molecule has 0 saturated carbocycles. The minimum atomic E-state index is -4.57. The molecular weight excluding hydrogens is 323 g/mol. The van der Waals surface area contributed by atoms with Crippen molar-refractivity contribution in [2.45, 2.75) is 52.3 Å². The summed E-state index contributed by atoms with van der Waals surface area (Å²) in [6.45, 7) is 7.36. The maximum absolute atomic E-state index is 13.1. The molecule has 0 fully saturated rings. The quantitative estimate of drug-likeness (QED) is 0.745. The maximum atomic E-state index is 13.1. The van der Waals surface area contributed by atoms with Crippen LogP contribution in [0.4, 0.5) is 18.9 Å². The van der Waals surface area contributed by atoms with Gasteiger partial charge in [-0.3, -0.25) is 4.79 Å². The number of nitrogens with one attached hydrogen (secondary N) is 1. The number of carbonyl (C=O) groups excluding carboxylic acids is 1. The zero-order valence-electron chi connectivity index (χ0n) is 14.4. The molecule has 0 aliphatic carbocycles. The van der Waals surface area contributed by atoms with Crippen molar-refractivity contribution < 1.29 is 27.4 Å². The van der Waals surface area contributed by atoms with E-state index in [1.54, 1.807) is 20.8 Å². The van der Waals surface area contributed by atoms with Gasteiger partial charge in [0.15, 0.2) is 0 Å². The van der Waals surface area contributed by atoms with Crippen molar-refractivity contribution in [2.75, 3.05) is 18.5 Å². The van der Waals surface area contributed by atoms with Gasteiger partial charge in [-0.15, -0.1) is 0 Å². The van der Waals surface area contributed by atoms with E-state index < -0.39 is 23.2 Å². The number of hydrogen-bond acceptors (Lipinski definition) is 3. The van der Waals surface area contributed by atoms with E-state index in [0.717, 1.165) is 6.07 Å². The molecule has 7 heteroatoms. The van der Waals surface area contributed by atoms with Crippen LogP contribution >= 0.6 is 0 Å². The molecule has 0 unspecified atom stereocenters. The van der Waals surface area contributed by atoms with Gasteiger partial charge in [0.25, 0.3) is 5.91 Å². The van der Waals surface area contributed by atoms with E-state index >= 15 is 0 Å². The van der Waals surface area contributed by atoms with Gasteiger partial charge in [0.2, 0.25) is 0 Å². The van der Waals surface area contributed by atoms with E-state index in [-0.39, 0.29) is 18.0 Å². The number of alkyl halides is 3. The van der Waals surface area contributed by atoms with Gasteiger partial charge < -0.3 is 14.8 Å². The Balaban J connectivity index is 3.08. The molecule has 0 aliphatic rings. The Kier molecular flexibility index (Phi) is 7.08. The first-order valence-electron chi connectivity index (χ1n) is 7.97. The average Bonchev–Trinajstić information content (AvgIpc) is 2.48. The van der Waals surface area contributed by atoms with Crippen LogP contribution < -0.4 is 10.1 Å². The van der Waals surface area contributed by atoms with Gasteiger partial charge in [-0.2, -0.15) is 13.2 Å². The Morgan fingerprint density at radius 3 is 2.33 bits per heavy atom. The fourth-order valence-electron chi connectivity index (χ4n) is 2.42. The van der Waals surface area contributed by atoms with E-state index in [9.17, 15) is 18.0 Å². The fraction of sp³-hybridized carbons (Fsp3) is 0.588. The number of rotatable bonds is 8. The predicted octanol–water partition coefficient (Wildman–Crippen LogP) is 4.64. The van der Waals surface area contributed by atoms with Crippen molar-refractivity contribution in [3.8, 4) is 5.75 Å². The second-order valence-corrected chi connectivity index (χ2v) is 5.51. The summed E-state index contributed by atoms with van der Waals surface area (Å²) in [4.78, 5) is 12.4. The minimum Gasteiger partial charge on any atom is -0.493 e. The number of amides is 1. The molecule has 0 aliphatic heterocycles. The summed E-state index contributed by atoms with van der Waals surface area (Å²) in [7, 11) is 0.